The molecule has 2 saturated heterocycles. The first-order valence-electron chi connectivity index (χ1n) is 18.7. The number of fused-ring (bicyclic) bond motifs is 2. The zero-order valence-corrected chi connectivity index (χ0v) is 30.9. The number of alkyl halides is 1. The summed E-state index contributed by atoms with van der Waals surface area (Å²) in [5.74, 6) is 2.63. The van der Waals surface area contributed by atoms with E-state index in [0.717, 1.165) is 36.8 Å². The molecule has 0 radical (unpaired) electrons. The smallest absolute Gasteiger partial charge is 0.318 e. The molecule has 2 aliphatic carbocycles. The lowest BCUT2D eigenvalue weighted by Gasteiger charge is -2.44. The van der Waals surface area contributed by atoms with Crippen LogP contribution in [-0.2, 0) is 11.2 Å². The van der Waals surface area contributed by atoms with Crippen molar-refractivity contribution in [2.75, 3.05) is 38.2 Å². The highest BCUT2D eigenvalue weighted by atomic mass is 19.1. The molecule has 3 fully saturated rings. The number of hydrogen-bond donors (Lipinski definition) is 2. The van der Waals surface area contributed by atoms with Crippen molar-refractivity contribution in [3.63, 3.8) is 0 Å². The predicted molar refractivity (Wildman–Crippen MR) is 203 cm³/mol. The third-order valence-electron chi connectivity index (χ3n) is 11.9. The minimum atomic E-state index is -0.995. The second-order valence-electron chi connectivity index (χ2n) is 15.9. The summed E-state index contributed by atoms with van der Waals surface area (Å²) in [5, 5.41) is 22.5. The summed E-state index contributed by atoms with van der Waals surface area (Å²) < 4.78 is 36.6. The number of nitrogens with zero attached hydrogens (tertiary/aromatic N) is 5. The number of phenolic OH excluding ortho intramolecular Hbond substituents is 1. The van der Waals surface area contributed by atoms with Gasteiger partial charge in [0.15, 0.2) is 0 Å². The van der Waals surface area contributed by atoms with Crippen LogP contribution in [0.25, 0.3) is 22.4 Å². The van der Waals surface area contributed by atoms with Crippen molar-refractivity contribution in [2.45, 2.75) is 101 Å². The van der Waals surface area contributed by atoms with E-state index in [4.69, 9.17) is 21.1 Å². The molecule has 0 unspecified atom stereocenters. The van der Waals surface area contributed by atoms with Gasteiger partial charge in [-0.2, -0.15) is 9.97 Å². The minimum Gasteiger partial charge on any atom is -0.508 e. The zero-order chi connectivity index (χ0) is 37.7. The number of rotatable bonds is 9. The van der Waals surface area contributed by atoms with Crippen LogP contribution >= 0.6 is 0 Å². The number of carbonyl (C=O) groups excluding carboxylic acids is 1. The molecule has 3 heterocycles. The Balaban J connectivity index is 1.25. The lowest BCUT2D eigenvalue weighted by molar-refractivity contribution is -0.126. The summed E-state index contributed by atoms with van der Waals surface area (Å²) in [6, 6.07) is 6.39. The van der Waals surface area contributed by atoms with Crippen molar-refractivity contribution in [2.24, 2.45) is 0 Å². The van der Waals surface area contributed by atoms with Crippen molar-refractivity contribution < 1.29 is 28.5 Å². The number of carbonyl (C=O) groups is 1. The topological polar surface area (TPSA) is 102 Å². The Morgan fingerprint density at radius 2 is 1.98 bits per heavy atom. The maximum absolute atomic E-state index is 15.1. The average Bonchev–Trinajstić information content (AvgIpc) is 3.72. The molecule has 53 heavy (non-hydrogen) atoms. The lowest BCUT2D eigenvalue weighted by Crippen LogP contribution is -2.53. The van der Waals surface area contributed by atoms with Gasteiger partial charge in [0.2, 0.25) is 5.91 Å². The molecule has 0 bridgehead atoms. The first-order chi connectivity index (χ1) is 25.3. The Kier molecular flexibility index (Phi) is 9.98. The molecule has 9 nitrogen and oxygen atoms in total. The second-order valence-corrected chi connectivity index (χ2v) is 15.9. The quantitative estimate of drug-likeness (QED) is 0.192. The van der Waals surface area contributed by atoms with Crippen LogP contribution in [0.1, 0.15) is 87.6 Å². The third kappa shape index (κ3) is 7.24. The van der Waals surface area contributed by atoms with Gasteiger partial charge < -0.3 is 24.7 Å². The van der Waals surface area contributed by atoms with Crippen LogP contribution in [0.2, 0.25) is 0 Å². The van der Waals surface area contributed by atoms with E-state index < -0.39 is 23.1 Å². The molecule has 3 aromatic rings. The summed E-state index contributed by atoms with van der Waals surface area (Å²) in [6.45, 7) is 9.29. The number of terminal acetylenes is 1. The highest BCUT2D eigenvalue weighted by molar-refractivity contribution is 6.02. The molecule has 280 valence electrons. The fourth-order valence-electron chi connectivity index (χ4n) is 9.15. The van der Waals surface area contributed by atoms with Crippen LogP contribution in [0.5, 0.6) is 11.8 Å². The molecule has 0 spiro atoms. The lowest BCUT2D eigenvalue weighted by atomic mass is 9.82. The number of halogens is 2. The number of anilines is 1. The van der Waals surface area contributed by atoms with Gasteiger partial charge in [-0.05, 0) is 112 Å². The fraction of sp³-hybridized carbons (Fsp3) is 0.500. The molecule has 2 aromatic carbocycles. The second kappa shape index (κ2) is 14.4. The van der Waals surface area contributed by atoms with E-state index in [9.17, 15) is 19.4 Å². The molecule has 11 heteroatoms. The van der Waals surface area contributed by atoms with Gasteiger partial charge in [0.25, 0.3) is 0 Å². The maximum Gasteiger partial charge on any atom is 0.318 e. The minimum absolute atomic E-state index is 0.0189. The summed E-state index contributed by atoms with van der Waals surface area (Å²) in [7, 11) is 1.96. The molecule has 1 amide bonds. The number of aromatic hydroxyl groups is 1. The normalized spacial score (nSPS) is 27.3. The van der Waals surface area contributed by atoms with E-state index in [1.165, 1.54) is 12.1 Å². The van der Waals surface area contributed by atoms with Crippen LogP contribution < -0.4 is 9.64 Å². The Bertz CT molecular complexity index is 2000. The van der Waals surface area contributed by atoms with Gasteiger partial charge >= 0.3 is 6.01 Å². The standard InChI is InChI=1S/C42H49F2N5O4/c1-6-32-35(44)13-11-27-19-31(50)21-34(38(27)32)26-10-12-33-36(20-26)45-40(46-39(33)47(5)24-30-9-8-18-48(30)37(51)7-2)53-25-41(3)22-28(43)23-49(41)29-14-16-42(4,52)17-15-29/h1,7,11,13,19-21,28-30,50,52H,2,8-10,12,14-18,22-25H2,3-5H3/t28-,29?,30+,41+,42?/m1/s1. The molecule has 4 aliphatic rings. The number of benzene rings is 2. The van der Waals surface area contributed by atoms with Gasteiger partial charge in [0.1, 0.15) is 30.2 Å². The van der Waals surface area contributed by atoms with E-state index in [1.54, 1.807) is 18.2 Å². The van der Waals surface area contributed by atoms with Crippen molar-refractivity contribution in [1.82, 2.24) is 19.8 Å². The van der Waals surface area contributed by atoms with E-state index in [1.807, 2.05) is 31.9 Å². The summed E-state index contributed by atoms with van der Waals surface area (Å²) in [4.78, 5) is 28.7. The van der Waals surface area contributed by atoms with Crippen LogP contribution in [0.4, 0.5) is 14.6 Å². The third-order valence-corrected chi connectivity index (χ3v) is 11.9. The first-order valence-corrected chi connectivity index (χ1v) is 18.7. The Labute approximate surface area is 310 Å². The molecule has 3 atom stereocenters. The summed E-state index contributed by atoms with van der Waals surface area (Å²) in [6.07, 6.45) is 14.2. The monoisotopic (exact) mass is 725 g/mol. The van der Waals surface area contributed by atoms with Gasteiger partial charge in [0.05, 0.1) is 22.4 Å². The van der Waals surface area contributed by atoms with Crippen LogP contribution in [0.3, 0.4) is 0 Å². The van der Waals surface area contributed by atoms with Crippen LogP contribution in [-0.4, -0.2) is 98.6 Å². The summed E-state index contributed by atoms with van der Waals surface area (Å²) in [5.41, 5.74) is 1.83. The first kappa shape index (κ1) is 36.8. The maximum atomic E-state index is 15.1. The van der Waals surface area contributed by atoms with Crippen molar-refractivity contribution in [1.29, 1.82) is 0 Å². The number of likely N-dealkylation sites (tertiary alicyclic amines) is 2. The van der Waals surface area contributed by atoms with Gasteiger partial charge in [-0.1, -0.05) is 18.6 Å². The van der Waals surface area contributed by atoms with Crippen molar-refractivity contribution in [3.8, 4) is 24.1 Å². The number of aromatic nitrogens is 2. The Morgan fingerprint density at radius 1 is 1.21 bits per heavy atom. The number of phenols is 1. The number of likely N-dealkylation sites (N-methyl/N-ethyl adjacent to an activating group) is 1. The number of ether oxygens (including phenoxy) is 1. The number of amides is 1. The van der Waals surface area contributed by atoms with Gasteiger partial charge in [-0.25, -0.2) is 8.78 Å². The highest BCUT2D eigenvalue weighted by Crippen LogP contribution is 2.42. The van der Waals surface area contributed by atoms with Gasteiger partial charge in [-0.3, -0.25) is 9.69 Å². The predicted octanol–water partition coefficient (Wildman–Crippen LogP) is 6.43. The van der Waals surface area contributed by atoms with E-state index in [-0.39, 0.29) is 41.9 Å². The molecular weight excluding hydrogens is 676 g/mol. The molecule has 1 saturated carbocycles. The van der Waals surface area contributed by atoms with Crippen LogP contribution in [0, 0.1) is 18.2 Å². The molecule has 1 aromatic heterocycles. The largest absolute Gasteiger partial charge is 0.508 e. The van der Waals surface area contributed by atoms with Crippen molar-refractivity contribution in [3.05, 3.63) is 65.1 Å². The average molecular weight is 726 g/mol. The van der Waals surface area contributed by atoms with E-state index in [0.29, 0.717) is 79.6 Å². The highest BCUT2D eigenvalue weighted by Gasteiger charge is 2.47. The SMILES string of the molecule is C#Cc1c(F)ccc2cc(O)cc(C3=Cc4nc(OC[C@]5(C)C[C@@H](F)CN5C5CCC(C)(O)CC5)nc(N(C)C[C@@H]5CCCN5C(=O)C=C)c4CC3)c12. The van der Waals surface area contributed by atoms with Crippen LogP contribution in [0.15, 0.2) is 36.9 Å². The Hall–Kier alpha value is -4.53. The van der Waals surface area contributed by atoms with E-state index in [2.05, 4.69) is 22.3 Å². The van der Waals surface area contributed by atoms with Gasteiger partial charge in [-0.15, -0.1) is 6.42 Å². The Morgan fingerprint density at radius 3 is 2.72 bits per heavy atom. The number of aliphatic hydroxyl groups is 1. The molecule has 2 N–H and O–H groups in total. The summed E-state index contributed by atoms with van der Waals surface area (Å²) >= 11 is 0. The molecule has 2 aliphatic heterocycles. The van der Waals surface area contributed by atoms with Crippen molar-refractivity contribution >= 4 is 34.1 Å². The zero-order valence-electron chi connectivity index (χ0n) is 30.9. The molecular formula is C42H49F2N5O4. The van der Waals surface area contributed by atoms with Gasteiger partial charge in [0, 0.05) is 56.1 Å². The number of allylic oxidation sites excluding steroid dienone is 1. The van der Waals surface area contributed by atoms with E-state index >= 15 is 4.39 Å². The fourth-order valence-corrected chi connectivity index (χ4v) is 9.15. The number of hydrogen-bond acceptors (Lipinski definition) is 8. The molecule has 7 rings (SSSR count).